The number of rotatable bonds is 5. The molecule has 9 heteroatoms. The summed E-state index contributed by atoms with van der Waals surface area (Å²) in [6.07, 6.45) is 1.72. The van der Waals surface area contributed by atoms with E-state index in [0.29, 0.717) is 22.4 Å². The maximum atomic E-state index is 13.5. The molecule has 29 heavy (non-hydrogen) atoms. The summed E-state index contributed by atoms with van der Waals surface area (Å²) in [6.45, 7) is 8.41. The molecule has 1 aliphatic heterocycles. The fourth-order valence-corrected chi connectivity index (χ4v) is 4.88. The minimum atomic E-state index is -0.0939. The summed E-state index contributed by atoms with van der Waals surface area (Å²) in [7, 11) is 1.79. The molecule has 0 radical (unpaired) electrons. The molecule has 7 nitrogen and oxygen atoms in total. The predicted molar refractivity (Wildman–Crippen MR) is 116 cm³/mol. The van der Waals surface area contributed by atoms with Gasteiger partial charge in [-0.25, -0.2) is 4.98 Å². The van der Waals surface area contributed by atoms with E-state index in [1.165, 1.54) is 11.3 Å². The van der Waals surface area contributed by atoms with Crippen molar-refractivity contribution in [2.75, 3.05) is 44.3 Å². The van der Waals surface area contributed by atoms with Crippen LogP contribution in [0.2, 0.25) is 5.02 Å². The maximum Gasteiger partial charge on any atom is 0.278 e. The molecule has 0 bridgehead atoms. The minimum absolute atomic E-state index is 0.0939. The van der Waals surface area contributed by atoms with Crippen LogP contribution in [0.15, 0.2) is 18.3 Å². The molecule has 1 saturated heterocycles. The van der Waals surface area contributed by atoms with E-state index in [1.54, 1.807) is 22.8 Å². The van der Waals surface area contributed by atoms with Gasteiger partial charge in [0.1, 0.15) is 5.69 Å². The Bertz CT molecular complexity index is 983. The molecule has 0 saturated carbocycles. The Hall–Kier alpha value is -2.00. The van der Waals surface area contributed by atoms with Gasteiger partial charge in [-0.1, -0.05) is 29.0 Å². The molecule has 154 valence electrons. The standard InChI is InChI=1S/C20H24ClN5O2S/c1-13-4-5-15(21)18-16(13)23-20(29-18)26(7-6-25-8-10-28-11-9-25)19(27)17-14(2)12-22-24(17)3/h4-5,12H,6-11H2,1-3H3. The van der Waals surface area contributed by atoms with Crippen LogP contribution in [0.25, 0.3) is 10.2 Å². The summed E-state index contributed by atoms with van der Waals surface area (Å²) in [5.41, 5.74) is 3.32. The Morgan fingerprint density at radius 2 is 2.03 bits per heavy atom. The van der Waals surface area contributed by atoms with Crippen LogP contribution in [-0.2, 0) is 11.8 Å². The van der Waals surface area contributed by atoms with E-state index < -0.39 is 0 Å². The number of hydrogen-bond donors (Lipinski definition) is 0. The van der Waals surface area contributed by atoms with Gasteiger partial charge in [-0.2, -0.15) is 5.10 Å². The van der Waals surface area contributed by atoms with Crippen molar-refractivity contribution < 1.29 is 9.53 Å². The van der Waals surface area contributed by atoms with Crippen LogP contribution in [0, 0.1) is 13.8 Å². The van der Waals surface area contributed by atoms with E-state index >= 15 is 0 Å². The largest absolute Gasteiger partial charge is 0.379 e. The Morgan fingerprint density at radius 3 is 2.69 bits per heavy atom. The number of aryl methyl sites for hydroxylation is 3. The van der Waals surface area contributed by atoms with Gasteiger partial charge < -0.3 is 4.74 Å². The molecule has 0 spiro atoms. The third-order valence-corrected chi connectivity index (χ3v) is 6.77. The van der Waals surface area contributed by atoms with Gasteiger partial charge in [0.15, 0.2) is 5.13 Å². The first kappa shape index (κ1) is 20.3. The molecule has 1 aliphatic rings. The van der Waals surface area contributed by atoms with E-state index in [4.69, 9.17) is 21.3 Å². The summed E-state index contributed by atoms with van der Waals surface area (Å²) in [5, 5.41) is 5.56. The number of hydrogen-bond acceptors (Lipinski definition) is 6. The van der Waals surface area contributed by atoms with Gasteiger partial charge in [-0.05, 0) is 31.0 Å². The third-order valence-electron chi connectivity index (χ3n) is 5.23. The predicted octanol–water partition coefficient (Wildman–Crippen LogP) is 3.28. The number of morpholine rings is 1. The first-order valence-corrected chi connectivity index (χ1v) is 10.8. The van der Waals surface area contributed by atoms with Crippen molar-refractivity contribution in [2.24, 2.45) is 7.05 Å². The average molecular weight is 434 g/mol. The molecular formula is C20H24ClN5O2S. The highest BCUT2D eigenvalue weighted by Gasteiger charge is 2.26. The van der Waals surface area contributed by atoms with Crippen molar-refractivity contribution in [3.05, 3.63) is 40.2 Å². The SMILES string of the molecule is Cc1cnn(C)c1C(=O)N(CCN1CCOCC1)c1nc2c(C)ccc(Cl)c2s1. The zero-order valence-corrected chi connectivity index (χ0v) is 18.4. The average Bonchev–Trinajstić information content (AvgIpc) is 3.30. The molecule has 0 N–H and O–H groups in total. The fraction of sp³-hybridized carbons (Fsp3) is 0.450. The van der Waals surface area contributed by atoms with Crippen LogP contribution in [0.1, 0.15) is 21.6 Å². The molecule has 3 heterocycles. The van der Waals surface area contributed by atoms with Crippen molar-refractivity contribution in [3.8, 4) is 0 Å². The van der Waals surface area contributed by atoms with Crippen molar-refractivity contribution in [3.63, 3.8) is 0 Å². The number of benzene rings is 1. The number of ether oxygens (including phenoxy) is 1. The van der Waals surface area contributed by atoms with Crippen LogP contribution in [0.3, 0.4) is 0 Å². The van der Waals surface area contributed by atoms with Gasteiger partial charge in [0.25, 0.3) is 5.91 Å². The van der Waals surface area contributed by atoms with Crippen molar-refractivity contribution >= 4 is 44.2 Å². The van der Waals surface area contributed by atoms with E-state index in [1.807, 2.05) is 26.0 Å². The Morgan fingerprint density at radius 1 is 1.28 bits per heavy atom. The lowest BCUT2D eigenvalue weighted by atomic mass is 10.2. The quantitative estimate of drug-likeness (QED) is 0.617. The number of carbonyl (C=O) groups is 1. The van der Waals surface area contributed by atoms with Crippen LogP contribution < -0.4 is 4.90 Å². The Labute approximate surface area is 178 Å². The number of halogens is 1. The second-order valence-electron chi connectivity index (χ2n) is 7.25. The number of aromatic nitrogens is 3. The number of amides is 1. The lowest BCUT2D eigenvalue weighted by Crippen LogP contribution is -2.43. The van der Waals surface area contributed by atoms with Gasteiger partial charge in [0, 0.05) is 33.2 Å². The van der Waals surface area contributed by atoms with Crippen LogP contribution in [0.5, 0.6) is 0 Å². The van der Waals surface area contributed by atoms with Gasteiger partial charge in [-0.3, -0.25) is 19.3 Å². The topological polar surface area (TPSA) is 63.5 Å². The molecule has 1 aromatic carbocycles. The Kier molecular flexibility index (Phi) is 5.87. The third kappa shape index (κ3) is 4.02. The smallest absolute Gasteiger partial charge is 0.278 e. The zero-order valence-electron chi connectivity index (χ0n) is 16.8. The highest BCUT2D eigenvalue weighted by Crippen LogP contribution is 2.36. The van der Waals surface area contributed by atoms with Gasteiger partial charge >= 0.3 is 0 Å². The molecule has 1 amide bonds. The molecule has 1 fully saturated rings. The van der Waals surface area contributed by atoms with Gasteiger partial charge in [0.2, 0.25) is 0 Å². The number of carbonyl (C=O) groups excluding carboxylic acids is 1. The Balaban J connectivity index is 1.70. The second-order valence-corrected chi connectivity index (χ2v) is 8.63. The molecule has 0 aliphatic carbocycles. The molecule has 0 unspecified atom stereocenters. The van der Waals surface area contributed by atoms with E-state index in [0.717, 1.165) is 54.2 Å². The van der Waals surface area contributed by atoms with E-state index in [-0.39, 0.29) is 5.91 Å². The number of fused-ring (bicyclic) bond motifs is 1. The number of thiazole rings is 1. The number of anilines is 1. The summed E-state index contributed by atoms with van der Waals surface area (Å²) in [5.74, 6) is -0.0939. The van der Waals surface area contributed by atoms with E-state index in [2.05, 4.69) is 10.00 Å². The first-order valence-electron chi connectivity index (χ1n) is 9.62. The summed E-state index contributed by atoms with van der Waals surface area (Å²) in [4.78, 5) is 22.4. The molecule has 4 rings (SSSR count). The lowest BCUT2D eigenvalue weighted by Gasteiger charge is -2.29. The summed E-state index contributed by atoms with van der Waals surface area (Å²) >= 11 is 7.87. The highest BCUT2D eigenvalue weighted by atomic mass is 35.5. The van der Waals surface area contributed by atoms with Crippen LogP contribution in [0.4, 0.5) is 5.13 Å². The van der Waals surface area contributed by atoms with Crippen LogP contribution in [-0.4, -0.2) is 65.0 Å². The zero-order chi connectivity index (χ0) is 20.5. The monoisotopic (exact) mass is 433 g/mol. The summed E-state index contributed by atoms with van der Waals surface area (Å²) in [6, 6.07) is 3.84. The molecular weight excluding hydrogens is 410 g/mol. The first-order chi connectivity index (χ1) is 14.0. The molecule has 2 aromatic heterocycles. The maximum absolute atomic E-state index is 13.5. The highest BCUT2D eigenvalue weighted by molar-refractivity contribution is 7.23. The number of nitrogens with zero attached hydrogens (tertiary/aromatic N) is 5. The van der Waals surface area contributed by atoms with Crippen molar-refractivity contribution in [1.29, 1.82) is 0 Å². The second kappa shape index (κ2) is 8.39. The van der Waals surface area contributed by atoms with Gasteiger partial charge in [0.05, 0.1) is 34.6 Å². The van der Waals surface area contributed by atoms with E-state index in [9.17, 15) is 4.79 Å². The lowest BCUT2D eigenvalue weighted by molar-refractivity contribution is 0.0391. The molecule has 0 atom stereocenters. The van der Waals surface area contributed by atoms with Crippen molar-refractivity contribution in [1.82, 2.24) is 19.7 Å². The van der Waals surface area contributed by atoms with Crippen molar-refractivity contribution in [2.45, 2.75) is 13.8 Å². The minimum Gasteiger partial charge on any atom is -0.379 e. The van der Waals surface area contributed by atoms with Gasteiger partial charge in [-0.15, -0.1) is 0 Å². The normalized spacial score (nSPS) is 15.2. The molecule has 3 aromatic rings. The van der Waals surface area contributed by atoms with Crippen LogP contribution >= 0.6 is 22.9 Å². The summed E-state index contributed by atoms with van der Waals surface area (Å²) < 4.78 is 7.98. The fourth-order valence-electron chi connectivity index (χ4n) is 3.54.